The highest BCUT2D eigenvalue weighted by atomic mass is 19.1. The fourth-order valence-corrected chi connectivity index (χ4v) is 3.48. The van der Waals surface area contributed by atoms with Gasteiger partial charge in [0.05, 0.1) is 6.04 Å². The molecule has 3 amide bonds. The molecule has 7 heteroatoms. The second-order valence-electron chi connectivity index (χ2n) is 7.45. The molecular formula is C22H27FN4O2. The fraction of sp³-hybridized carbons (Fsp3) is 0.364. The number of nitrogens with zero attached hydrogens (tertiary/aromatic N) is 2. The molecule has 1 unspecified atom stereocenters. The number of amides is 3. The van der Waals surface area contributed by atoms with Crippen LogP contribution in [0.3, 0.4) is 0 Å². The van der Waals surface area contributed by atoms with Crippen molar-refractivity contribution in [2.24, 2.45) is 0 Å². The van der Waals surface area contributed by atoms with Crippen LogP contribution in [0.1, 0.15) is 34.8 Å². The molecule has 1 saturated heterocycles. The molecule has 0 aromatic heterocycles. The molecule has 154 valence electrons. The molecule has 1 aliphatic rings. The van der Waals surface area contributed by atoms with Crippen molar-refractivity contribution in [2.45, 2.75) is 18.9 Å². The topological polar surface area (TPSA) is 64.7 Å². The van der Waals surface area contributed by atoms with Crippen LogP contribution in [0.15, 0.2) is 48.5 Å². The standard InChI is InChI=1S/C22H27FN4O2/c1-26(2)20(17-6-5-7-18(23)14-17)15-24-22(29)25-19-10-8-16(9-11-19)21(28)27-12-3-4-13-27/h5-11,14,20H,3-4,12-13,15H2,1-2H3,(H2,24,25,29). The van der Waals surface area contributed by atoms with E-state index in [1.54, 1.807) is 30.3 Å². The van der Waals surface area contributed by atoms with Crippen LogP contribution < -0.4 is 10.6 Å². The quantitative estimate of drug-likeness (QED) is 0.783. The van der Waals surface area contributed by atoms with Crippen LogP contribution in [0.25, 0.3) is 0 Å². The Hall–Kier alpha value is -2.93. The largest absolute Gasteiger partial charge is 0.339 e. The highest BCUT2D eigenvalue weighted by molar-refractivity contribution is 5.95. The Kier molecular flexibility index (Phi) is 6.82. The third-order valence-electron chi connectivity index (χ3n) is 5.10. The van der Waals surface area contributed by atoms with Crippen LogP contribution in [0.2, 0.25) is 0 Å². The summed E-state index contributed by atoms with van der Waals surface area (Å²) in [5, 5.41) is 5.59. The van der Waals surface area contributed by atoms with E-state index in [1.807, 2.05) is 30.0 Å². The van der Waals surface area contributed by atoms with Crippen molar-refractivity contribution in [1.29, 1.82) is 0 Å². The first-order chi connectivity index (χ1) is 13.9. The zero-order valence-corrected chi connectivity index (χ0v) is 16.8. The molecule has 2 aromatic carbocycles. The number of carbonyl (C=O) groups excluding carboxylic acids is 2. The molecule has 2 aromatic rings. The first-order valence-corrected chi connectivity index (χ1v) is 9.80. The van der Waals surface area contributed by atoms with E-state index in [2.05, 4.69) is 10.6 Å². The maximum absolute atomic E-state index is 13.5. The average Bonchev–Trinajstić information content (AvgIpc) is 3.23. The Morgan fingerprint density at radius 3 is 2.41 bits per heavy atom. The molecule has 29 heavy (non-hydrogen) atoms. The van der Waals surface area contributed by atoms with Gasteiger partial charge >= 0.3 is 6.03 Å². The predicted molar refractivity (Wildman–Crippen MR) is 111 cm³/mol. The number of likely N-dealkylation sites (tertiary alicyclic amines) is 1. The summed E-state index contributed by atoms with van der Waals surface area (Å²) in [6.07, 6.45) is 2.10. The number of carbonyl (C=O) groups is 2. The van der Waals surface area contributed by atoms with Crippen molar-refractivity contribution in [3.63, 3.8) is 0 Å². The van der Waals surface area contributed by atoms with Crippen LogP contribution >= 0.6 is 0 Å². The number of hydrogen-bond acceptors (Lipinski definition) is 3. The van der Waals surface area contributed by atoms with E-state index >= 15 is 0 Å². The minimum absolute atomic E-state index is 0.0300. The van der Waals surface area contributed by atoms with Crippen molar-refractivity contribution in [1.82, 2.24) is 15.1 Å². The van der Waals surface area contributed by atoms with E-state index in [9.17, 15) is 14.0 Å². The third kappa shape index (κ3) is 5.54. The summed E-state index contributed by atoms with van der Waals surface area (Å²) in [6.45, 7) is 1.94. The highest BCUT2D eigenvalue weighted by Gasteiger charge is 2.19. The van der Waals surface area contributed by atoms with E-state index in [0.717, 1.165) is 31.5 Å². The number of urea groups is 1. The minimum atomic E-state index is -0.355. The first kappa shape index (κ1) is 20.8. The Morgan fingerprint density at radius 2 is 1.79 bits per heavy atom. The number of benzene rings is 2. The minimum Gasteiger partial charge on any atom is -0.339 e. The number of halogens is 1. The van der Waals surface area contributed by atoms with Gasteiger partial charge in [-0.1, -0.05) is 12.1 Å². The van der Waals surface area contributed by atoms with E-state index in [-0.39, 0.29) is 23.8 Å². The van der Waals surface area contributed by atoms with E-state index in [0.29, 0.717) is 17.8 Å². The van der Waals surface area contributed by atoms with Gasteiger partial charge in [-0.05, 0) is 68.9 Å². The van der Waals surface area contributed by atoms with Gasteiger partial charge in [-0.3, -0.25) is 4.79 Å². The van der Waals surface area contributed by atoms with Crippen LogP contribution in [0.5, 0.6) is 0 Å². The van der Waals surface area contributed by atoms with Crippen molar-refractivity contribution >= 4 is 17.6 Å². The van der Waals surface area contributed by atoms with Crippen LogP contribution in [-0.2, 0) is 0 Å². The van der Waals surface area contributed by atoms with Gasteiger partial charge in [0.1, 0.15) is 5.82 Å². The molecule has 3 rings (SSSR count). The van der Waals surface area contributed by atoms with Gasteiger partial charge in [-0.2, -0.15) is 0 Å². The van der Waals surface area contributed by atoms with E-state index in [1.165, 1.54) is 12.1 Å². The fourth-order valence-electron chi connectivity index (χ4n) is 3.48. The molecular weight excluding hydrogens is 371 g/mol. The van der Waals surface area contributed by atoms with E-state index in [4.69, 9.17) is 0 Å². The SMILES string of the molecule is CN(C)C(CNC(=O)Nc1ccc(C(=O)N2CCCC2)cc1)c1cccc(F)c1. The maximum atomic E-state index is 13.5. The Labute approximate surface area is 170 Å². The number of likely N-dealkylation sites (N-methyl/N-ethyl adjacent to an activating group) is 1. The monoisotopic (exact) mass is 398 g/mol. The van der Waals surface area contributed by atoms with Crippen LogP contribution in [0.4, 0.5) is 14.9 Å². The van der Waals surface area contributed by atoms with Gasteiger partial charge in [0.2, 0.25) is 0 Å². The zero-order chi connectivity index (χ0) is 20.8. The second kappa shape index (κ2) is 9.52. The predicted octanol–water partition coefficient (Wildman–Crippen LogP) is 3.49. The van der Waals surface area contributed by atoms with Crippen molar-refractivity contribution < 1.29 is 14.0 Å². The third-order valence-corrected chi connectivity index (χ3v) is 5.10. The van der Waals surface area contributed by atoms with Crippen LogP contribution in [-0.4, -0.2) is 55.5 Å². The lowest BCUT2D eigenvalue weighted by Crippen LogP contribution is -2.37. The molecule has 0 spiro atoms. The molecule has 0 radical (unpaired) electrons. The summed E-state index contributed by atoms with van der Waals surface area (Å²) >= 11 is 0. The first-order valence-electron chi connectivity index (χ1n) is 9.80. The van der Waals surface area contributed by atoms with Gasteiger partial charge in [-0.15, -0.1) is 0 Å². The maximum Gasteiger partial charge on any atom is 0.319 e. The molecule has 2 N–H and O–H groups in total. The summed E-state index contributed by atoms with van der Waals surface area (Å²) < 4.78 is 13.5. The molecule has 1 heterocycles. The van der Waals surface area contributed by atoms with Crippen LogP contribution in [0, 0.1) is 5.82 Å². The van der Waals surface area contributed by atoms with Gasteiger partial charge < -0.3 is 20.4 Å². The molecule has 1 aliphatic heterocycles. The molecule has 0 saturated carbocycles. The highest BCUT2D eigenvalue weighted by Crippen LogP contribution is 2.19. The average molecular weight is 398 g/mol. The molecule has 1 fully saturated rings. The van der Waals surface area contributed by atoms with Gasteiger partial charge in [0.15, 0.2) is 0 Å². The summed E-state index contributed by atoms with van der Waals surface area (Å²) in [7, 11) is 3.76. The Balaban J connectivity index is 1.55. The Bertz CT molecular complexity index is 848. The zero-order valence-electron chi connectivity index (χ0n) is 16.8. The number of anilines is 1. The smallest absolute Gasteiger partial charge is 0.319 e. The van der Waals surface area contributed by atoms with Crippen molar-refractivity contribution in [3.8, 4) is 0 Å². The van der Waals surface area contributed by atoms with Gasteiger partial charge in [0, 0.05) is 30.9 Å². The molecule has 1 atom stereocenters. The Morgan fingerprint density at radius 1 is 1.10 bits per heavy atom. The molecule has 0 aliphatic carbocycles. The summed E-state index contributed by atoms with van der Waals surface area (Å²) in [6, 6.07) is 12.8. The van der Waals surface area contributed by atoms with Crippen molar-refractivity contribution in [3.05, 3.63) is 65.5 Å². The number of nitrogens with one attached hydrogen (secondary N) is 2. The molecule has 0 bridgehead atoms. The van der Waals surface area contributed by atoms with Crippen molar-refractivity contribution in [2.75, 3.05) is 39.0 Å². The lowest BCUT2D eigenvalue weighted by molar-refractivity contribution is 0.0793. The lowest BCUT2D eigenvalue weighted by atomic mass is 10.1. The summed E-state index contributed by atoms with van der Waals surface area (Å²) in [5.74, 6) is -0.273. The van der Waals surface area contributed by atoms with Gasteiger partial charge in [0.25, 0.3) is 5.91 Å². The normalized spacial score (nSPS) is 14.7. The second-order valence-corrected chi connectivity index (χ2v) is 7.45. The number of hydrogen-bond donors (Lipinski definition) is 2. The number of rotatable bonds is 6. The summed E-state index contributed by atoms with van der Waals surface area (Å²) in [5.41, 5.74) is 2.02. The van der Waals surface area contributed by atoms with E-state index < -0.39 is 0 Å². The summed E-state index contributed by atoms with van der Waals surface area (Å²) in [4.78, 5) is 28.4. The lowest BCUT2D eigenvalue weighted by Gasteiger charge is -2.25. The van der Waals surface area contributed by atoms with Gasteiger partial charge in [-0.25, -0.2) is 9.18 Å². The molecule has 6 nitrogen and oxygen atoms in total.